The number of hydrogen-bond donors (Lipinski definition) is 1. The number of non-ortho nitro benzene ring substituents is 1. The zero-order valence-corrected chi connectivity index (χ0v) is 15.4. The van der Waals surface area contributed by atoms with E-state index in [1.54, 1.807) is 18.9 Å². The van der Waals surface area contributed by atoms with Crippen molar-refractivity contribution < 1.29 is 19.2 Å². The lowest BCUT2D eigenvalue weighted by atomic mass is 10.1. The van der Waals surface area contributed by atoms with Gasteiger partial charge in [0, 0.05) is 36.4 Å². The lowest BCUT2D eigenvalue weighted by molar-refractivity contribution is -0.384. The number of esters is 1. The van der Waals surface area contributed by atoms with Gasteiger partial charge in [-0.3, -0.25) is 10.1 Å². The molecule has 0 spiro atoms. The van der Waals surface area contributed by atoms with Crippen LogP contribution in [-0.2, 0) is 16.1 Å². The quantitative estimate of drug-likeness (QED) is 0.234. The predicted octanol–water partition coefficient (Wildman–Crippen LogP) is 3.73. The van der Waals surface area contributed by atoms with Crippen LogP contribution >= 0.6 is 11.8 Å². The molecule has 138 valence electrons. The van der Waals surface area contributed by atoms with Crippen molar-refractivity contribution in [3.63, 3.8) is 0 Å². The van der Waals surface area contributed by atoms with E-state index in [4.69, 9.17) is 9.47 Å². The number of nitro groups is 1. The highest BCUT2D eigenvalue weighted by Crippen LogP contribution is 2.23. The summed E-state index contributed by atoms with van der Waals surface area (Å²) in [6.45, 7) is 0.992. The monoisotopic (exact) mass is 376 g/mol. The van der Waals surface area contributed by atoms with Crippen molar-refractivity contribution in [2.75, 3.05) is 31.8 Å². The molecule has 7 nitrogen and oxygen atoms in total. The fourth-order valence-electron chi connectivity index (χ4n) is 2.20. The van der Waals surface area contributed by atoms with Crippen molar-refractivity contribution in [1.29, 1.82) is 0 Å². The highest BCUT2D eigenvalue weighted by Gasteiger charge is 2.18. The molecule has 0 fully saturated rings. The number of nitrogens with zero attached hydrogens (tertiary/aromatic N) is 1. The molecule has 0 radical (unpaired) electrons. The first-order valence-electron chi connectivity index (χ1n) is 7.86. The third-order valence-corrected chi connectivity index (χ3v) is 4.33. The fourth-order valence-corrected chi connectivity index (χ4v) is 2.61. The third-order valence-electron chi connectivity index (χ3n) is 3.58. The van der Waals surface area contributed by atoms with Gasteiger partial charge in [0.2, 0.25) is 0 Å². The van der Waals surface area contributed by atoms with Crippen molar-refractivity contribution in [2.24, 2.45) is 0 Å². The smallest absolute Gasteiger partial charge is 0.340 e. The summed E-state index contributed by atoms with van der Waals surface area (Å²) in [4.78, 5) is 24.0. The summed E-state index contributed by atoms with van der Waals surface area (Å²) in [7, 11) is 1.56. The van der Waals surface area contributed by atoms with Crippen molar-refractivity contribution in [3.8, 4) is 0 Å². The van der Waals surface area contributed by atoms with Gasteiger partial charge in [-0.1, -0.05) is 12.1 Å². The van der Waals surface area contributed by atoms with Crippen LogP contribution in [0.3, 0.4) is 0 Å². The number of nitro benzene ring substituents is 1. The van der Waals surface area contributed by atoms with Crippen LogP contribution in [0.25, 0.3) is 0 Å². The average molecular weight is 376 g/mol. The zero-order valence-electron chi connectivity index (χ0n) is 14.6. The van der Waals surface area contributed by atoms with Gasteiger partial charge in [-0.2, -0.15) is 0 Å². The number of thioether (sulfide) groups is 1. The second-order valence-electron chi connectivity index (χ2n) is 5.33. The molecule has 0 heterocycles. The van der Waals surface area contributed by atoms with Gasteiger partial charge < -0.3 is 14.8 Å². The first-order chi connectivity index (χ1) is 12.5. The van der Waals surface area contributed by atoms with Crippen LogP contribution in [0.5, 0.6) is 0 Å². The SMILES string of the molecule is COCCNc1ccc([N+](=O)[O-])cc1C(=O)OCc1ccc(SC)cc1. The molecule has 2 aromatic carbocycles. The van der Waals surface area contributed by atoms with Gasteiger partial charge in [-0.15, -0.1) is 11.8 Å². The maximum absolute atomic E-state index is 12.4. The standard InChI is InChI=1S/C18H20N2O5S/c1-24-10-9-19-17-8-5-14(20(22)23)11-16(17)18(21)25-12-13-3-6-15(26-2)7-4-13/h3-8,11,19H,9-10,12H2,1-2H3. The molecule has 0 saturated heterocycles. The topological polar surface area (TPSA) is 90.7 Å². The van der Waals surface area contributed by atoms with E-state index >= 15 is 0 Å². The number of nitrogens with one attached hydrogen (secondary N) is 1. The van der Waals surface area contributed by atoms with Crippen LogP contribution < -0.4 is 5.32 Å². The molecular formula is C18H20N2O5S. The van der Waals surface area contributed by atoms with E-state index < -0.39 is 10.9 Å². The van der Waals surface area contributed by atoms with Gasteiger partial charge in [-0.05, 0) is 30.0 Å². The number of rotatable bonds is 9. The second-order valence-corrected chi connectivity index (χ2v) is 6.21. The lowest BCUT2D eigenvalue weighted by Gasteiger charge is -2.12. The van der Waals surface area contributed by atoms with Crippen LogP contribution in [0.4, 0.5) is 11.4 Å². The van der Waals surface area contributed by atoms with Crippen molar-refractivity contribution in [3.05, 3.63) is 63.7 Å². The van der Waals surface area contributed by atoms with Crippen LogP contribution in [0.2, 0.25) is 0 Å². The second kappa shape index (κ2) is 9.79. The van der Waals surface area contributed by atoms with Gasteiger partial charge in [0.25, 0.3) is 5.69 Å². The maximum atomic E-state index is 12.4. The zero-order chi connectivity index (χ0) is 18.9. The van der Waals surface area contributed by atoms with E-state index in [-0.39, 0.29) is 17.9 Å². The van der Waals surface area contributed by atoms with Crippen LogP contribution in [0, 0.1) is 10.1 Å². The van der Waals surface area contributed by atoms with Crippen LogP contribution in [0.15, 0.2) is 47.4 Å². The molecular weight excluding hydrogens is 356 g/mol. The Morgan fingerprint density at radius 1 is 1.23 bits per heavy atom. The first kappa shape index (κ1) is 19.7. The third kappa shape index (κ3) is 5.47. The Bertz CT molecular complexity index is 765. The lowest BCUT2D eigenvalue weighted by Crippen LogP contribution is -2.13. The van der Waals surface area contributed by atoms with E-state index in [1.807, 2.05) is 30.5 Å². The normalized spacial score (nSPS) is 10.4. The van der Waals surface area contributed by atoms with E-state index in [9.17, 15) is 14.9 Å². The fraction of sp³-hybridized carbons (Fsp3) is 0.278. The van der Waals surface area contributed by atoms with E-state index in [2.05, 4.69) is 5.32 Å². The molecule has 0 aromatic heterocycles. The summed E-state index contributed by atoms with van der Waals surface area (Å²) in [6.07, 6.45) is 1.98. The van der Waals surface area contributed by atoms with E-state index in [1.165, 1.54) is 18.2 Å². The maximum Gasteiger partial charge on any atom is 0.340 e. The molecule has 2 rings (SSSR count). The summed E-state index contributed by atoms with van der Waals surface area (Å²) in [5.41, 5.74) is 1.26. The Hall–Kier alpha value is -2.58. The number of ether oxygens (including phenoxy) is 2. The van der Waals surface area contributed by atoms with Gasteiger partial charge >= 0.3 is 5.97 Å². The summed E-state index contributed by atoms with van der Waals surface area (Å²) >= 11 is 1.62. The number of methoxy groups -OCH3 is 1. The molecule has 2 aromatic rings. The van der Waals surface area contributed by atoms with Crippen molar-refractivity contribution in [2.45, 2.75) is 11.5 Å². The molecule has 0 aliphatic rings. The largest absolute Gasteiger partial charge is 0.457 e. The van der Waals surface area contributed by atoms with E-state index in [0.717, 1.165) is 10.5 Å². The minimum atomic E-state index is -0.623. The number of benzene rings is 2. The van der Waals surface area contributed by atoms with Crippen molar-refractivity contribution >= 4 is 29.1 Å². The minimum absolute atomic E-state index is 0.0910. The Labute approximate surface area is 155 Å². The molecule has 0 aliphatic carbocycles. The molecule has 0 atom stereocenters. The highest BCUT2D eigenvalue weighted by molar-refractivity contribution is 7.98. The average Bonchev–Trinajstić information content (AvgIpc) is 2.66. The number of hydrogen-bond acceptors (Lipinski definition) is 7. The van der Waals surface area contributed by atoms with Gasteiger partial charge in [-0.25, -0.2) is 4.79 Å². The molecule has 0 bridgehead atoms. The number of carbonyl (C=O) groups is 1. The number of anilines is 1. The molecule has 26 heavy (non-hydrogen) atoms. The minimum Gasteiger partial charge on any atom is -0.457 e. The van der Waals surface area contributed by atoms with Crippen LogP contribution in [0.1, 0.15) is 15.9 Å². The summed E-state index contributed by atoms with van der Waals surface area (Å²) in [6, 6.07) is 11.7. The summed E-state index contributed by atoms with van der Waals surface area (Å²) in [5, 5.41) is 14.0. The summed E-state index contributed by atoms with van der Waals surface area (Å²) in [5.74, 6) is -0.623. The predicted molar refractivity (Wildman–Crippen MR) is 101 cm³/mol. The Morgan fingerprint density at radius 3 is 2.58 bits per heavy atom. The molecule has 0 saturated carbocycles. The molecule has 8 heteroatoms. The van der Waals surface area contributed by atoms with Crippen LogP contribution in [-0.4, -0.2) is 37.4 Å². The molecule has 0 amide bonds. The molecule has 0 aliphatic heterocycles. The molecule has 1 N–H and O–H groups in total. The Kier molecular flexibility index (Phi) is 7.43. The highest BCUT2D eigenvalue weighted by atomic mass is 32.2. The Morgan fingerprint density at radius 2 is 1.96 bits per heavy atom. The van der Waals surface area contributed by atoms with Crippen molar-refractivity contribution in [1.82, 2.24) is 0 Å². The van der Waals surface area contributed by atoms with E-state index in [0.29, 0.717) is 18.8 Å². The first-order valence-corrected chi connectivity index (χ1v) is 9.09. The Balaban J connectivity index is 2.12. The van der Waals surface area contributed by atoms with Gasteiger partial charge in [0.15, 0.2) is 0 Å². The number of carbonyl (C=O) groups excluding carboxylic acids is 1. The summed E-state index contributed by atoms with van der Waals surface area (Å²) < 4.78 is 10.3. The van der Waals surface area contributed by atoms with Gasteiger partial charge in [0.05, 0.1) is 17.1 Å². The molecule has 0 unspecified atom stereocenters. The van der Waals surface area contributed by atoms with Gasteiger partial charge in [0.1, 0.15) is 6.61 Å².